The monoisotopic (exact) mass is 244 g/mol. The average Bonchev–Trinajstić information content (AvgIpc) is 2.22. The fourth-order valence-corrected chi connectivity index (χ4v) is 1.44. The summed E-state index contributed by atoms with van der Waals surface area (Å²) in [5.41, 5.74) is 0.350. The second kappa shape index (κ2) is 5.38. The summed E-state index contributed by atoms with van der Waals surface area (Å²) in [7, 11) is 0. The average molecular weight is 244 g/mol. The van der Waals surface area contributed by atoms with Crippen molar-refractivity contribution in [1.29, 1.82) is 0 Å². The van der Waals surface area contributed by atoms with E-state index in [1.165, 1.54) is 19.1 Å². The van der Waals surface area contributed by atoms with Gasteiger partial charge >= 0.3 is 12.6 Å². The number of ether oxygens (including phenoxy) is 1. The molecule has 0 heterocycles. The first-order valence-corrected chi connectivity index (χ1v) is 4.70. The number of hydrogen-bond donors (Lipinski definition) is 1. The van der Waals surface area contributed by atoms with Crippen molar-refractivity contribution >= 4 is 12.3 Å². The first-order chi connectivity index (χ1) is 7.95. The second-order valence-corrected chi connectivity index (χ2v) is 3.35. The van der Waals surface area contributed by atoms with E-state index >= 15 is 0 Å². The number of alkyl halides is 2. The van der Waals surface area contributed by atoms with Gasteiger partial charge in [-0.3, -0.25) is 9.59 Å². The van der Waals surface area contributed by atoms with Gasteiger partial charge in [0.25, 0.3) is 0 Å². The predicted molar refractivity (Wildman–Crippen MR) is 54.5 cm³/mol. The number of carboxylic acid groups (broad SMARTS) is 1. The Morgan fingerprint density at radius 1 is 1.53 bits per heavy atom. The SMILES string of the molecule is Cc1ccc(CC(=O)O)c(C=O)c1OC(F)F. The molecule has 0 saturated heterocycles. The van der Waals surface area contributed by atoms with Gasteiger partial charge in [0, 0.05) is 0 Å². The van der Waals surface area contributed by atoms with Gasteiger partial charge in [0.2, 0.25) is 0 Å². The fourth-order valence-electron chi connectivity index (χ4n) is 1.44. The number of halogens is 2. The molecule has 0 radical (unpaired) electrons. The number of carbonyl (C=O) groups excluding carboxylic acids is 1. The minimum atomic E-state index is -3.06. The molecule has 1 rings (SSSR count). The normalized spacial score (nSPS) is 10.4. The first-order valence-electron chi connectivity index (χ1n) is 4.70. The first kappa shape index (κ1) is 13.1. The summed E-state index contributed by atoms with van der Waals surface area (Å²) in [4.78, 5) is 21.4. The molecule has 0 aliphatic heterocycles. The van der Waals surface area contributed by atoms with Crippen LogP contribution in [0.25, 0.3) is 0 Å². The van der Waals surface area contributed by atoms with Gasteiger partial charge in [-0.05, 0) is 18.1 Å². The molecule has 0 aromatic heterocycles. The minimum Gasteiger partial charge on any atom is -0.481 e. The van der Waals surface area contributed by atoms with Crippen molar-refractivity contribution in [1.82, 2.24) is 0 Å². The van der Waals surface area contributed by atoms with Gasteiger partial charge in [-0.2, -0.15) is 8.78 Å². The minimum absolute atomic E-state index is 0.146. The summed E-state index contributed by atoms with van der Waals surface area (Å²) in [5, 5.41) is 8.62. The molecular formula is C11H10F2O4. The van der Waals surface area contributed by atoms with Crippen LogP contribution in [0.15, 0.2) is 12.1 Å². The fraction of sp³-hybridized carbons (Fsp3) is 0.273. The molecule has 0 amide bonds. The molecule has 1 aromatic rings. The highest BCUT2D eigenvalue weighted by atomic mass is 19.3. The van der Waals surface area contributed by atoms with Crippen LogP contribution in [0, 0.1) is 6.92 Å². The van der Waals surface area contributed by atoms with E-state index in [0.29, 0.717) is 11.8 Å². The molecule has 0 unspecified atom stereocenters. The van der Waals surface area contributed by atoms with Gasteiger partial charge in [-0.1, -0.05) is 12.1 Å². The van der Waals surface area contributed by atoms with Crippen molar-refractivity contribution in [2.24, 2.45) is 0 Å². The zero-order valence-electron chi connectivity index (χ0n) is 8.94. The summed E-state index contributed by atoms with van der Waals surface area (Å²) in [6, 6.07) is 2.84. The van der Waals surface area contributed by atoms with Gasteiger partial charge in [0.15, 0.2) is 6.29 Å². The van der Waals surface area contributed by atoms with Crippen LogP contribution in [0.4, 0.5) is 8.78 Å². The second-order valence-electron chi connectivity index (χ2n) is 3.35. The molecule has 92 valence electrons. The lowest BCUT2D eigenvalue weighted by molar-refractivity contribution is -0.136. The summed E-state index contributed by atoms with van der Waals surface area (Å²) >= 11 is 0. The molecule has 0 spiro atoms. The Bertz CT molecular complexity index is 443. The number of carboxylic acids is 1. The van der Waals surface area contributed by atoms with Gasteiger partial charge in [-0.15, -0.1) is 0 Å². The van der Waals surface area contributed by atoms with Crippen LogP contribution < -0.4 is 4.74 Å². The number of carbonyl (C=O) groups is 2. The van der Waals surface area contributed by atoms with E-state index in [4.69, 9.17) is 5.11 Å². The molecule has 1 N–H and O–H groups in total. The van der Waals surface area contributed by atoms with Crippen LogP contribution in [0.1, 0.15) is 21.5 Å². The molecule has 0 bridgehead atoms. The van der Waals surface area contributed by atoms with Crippen molar-refractivity contribution < 1.29 is 28.2 Å². The van der Waals surface area contributed by atoms with Gasteiger partial charge in [0.05, 0.1) is 12.0 Å². The molecule has 0 aliphatic carbocycles. The highest BCUT2D eigenvalue weighted by Gasteiger charge is 2.17. The lowest BCUT2D eigenvalue weighted by Crippen LogP contribution is -2.10. The van der Waals surface area contributed by atoms with E-state index in [2.05, 4.69) is 4.74 Å². The molecule has 0 fully saturated rings. The quantitative estimate of drug-likeness (QED) is 0.805. The van der Waals surface area contributed by atoms with Crippen LogP contribution >= 0.6 is 0 Å². The molecule has 17 heavy (non-hydrogen) atoms. The predicted octanol–water partition coefficient (Wildman–Crippen LogP) is 2.04. The molecule has 0 saturated carbocycles. The number of aryl methyl sites for hydroxylation is 1. The Hall–Kier alpha value is -1.98. The zero-order chi connectivity index (χ0) is 13.0. The maximum absolute atomic E-state index is 12.2. The Labute approximate surface area is 95.8 Å². The molecule has 6 heteroatoms. The zero-order valence-corrected chi connectivity index (χ0v) is 8.94. The Morgan fingerprint density at radius 2 is 2.18 bits per heavy atom. The highest BCUT2D eigenvalue weighted by molar-refractivity contribution is 5.85. The van der Waals surface area contributed by atoms with Gasteiger partial charge < -0.3 is 9.84 Å². The van der Waals surface area contributed by atoms with Gasteiger partial charge in [0.1, 0.15) is 5.75 Å². The number of rotatable bonds is 5. The van der Waals surface area contributed by atoms with E-state index in [0.717, 1.165) is 0 Å². The topological polar surface area (TPSA) is 63.6 Å². The van der Waals surface area contributed by atoms with Crippen LogP contribution in [-0.4, -0.2) is 24.0 Å². The number of aliphatic carboxylic acids is 1. The molecular weight excluding hydrogens is 234 g/mol. The van der Waals surface area contributed by atoms with Crippen LogP contribution in [0.3, 0.4) is 0 Å². The summed E-state index contributed by atoms with van der Waals surface area (Å²) < 4.78 is 28.5. The number of benzene rings is 1. The van der Waals surface area contributed by atoms with Crippen LogP contribution in [-0.2, 0) is 11.2 Å². The van der Waals surface area contributed by atoms with Gasteiger partial charge in [-0.25, -0.2) is 0 Å². The smallest absolute Gasteiger partial charge is 0.387 e. The van der Waals surface area contributed by atoms with E-state index < -0.39 is 19.0 Å². The number of hydrogen-bond acceptors (Lipinski definition) is 3. The van der Waals surface area contributed by atoms with Crippen molar-refractivity contribution in [2.75, 3.05) is 0 Å². The molecule has 0 atom stereocenters. The maximum atomic E-state index is 12.2. The summed E-state index contributed by atoms with van der Waals surface area (Å²) in [6.07, 6.45) is -0.100. The summed E-state index contributed by atoms with van der Waals surface area (Å²) in [6.45, 7) is -1.57. The maximum Gasteiger partial charge on any atom is 0.387 e. The lowest BCUT2D eigenvalue weighted by atomic mass is 10.0. The highest BCUT2D eigenvalue weighted by Crippen LogP contribution is 2.27. The Balaban J connectivity index is 3.25. The van der Waals surface area contributed by atoms with E-state index in [1.807, 2.05) is 0 Å². The summed E-state index contributed by atoms with van der Waals surface area (Å²) in [5.74, 6) is -1.42. The lowest BCUT2D eigenvalue weighted by Gasteiger charge is -2.12. The molecule has 1 aromatic carbocycles. The van der Waals surface area contributed by atoms with Crippen molar-refractivity contribution in [3.8, 4) is 5.75 Å². The van der Waals surface area contributed by atoms with Crippen molar-refractivity contribution in [3.05, 3.63) is 28.8 Å². The third-order valence-electron chi connectivity index (χ3n) is 2.15. The van der Waals surface area contributed by atoms with E-state index in [1.54, 1.807) is 0 Å². The van der Waals surface area contributed by atoms with Crippen LogP contribution in [0.5, 0.6) is 5.75 Å². The van der Waals surface area contributed by atoms with E-state index in [9.17, 15) is 18.4 Å². The van der Waals surface area contributed by atoms with Crippen LogP contribution in [0.2, 0.25) is 0 Å². The Kier molecular flexibility index (Phi) is 4.14. The third-order valence-corrected chi connectivity index (χ3v) is 2.15. The number of aldehydes is 1. The van der Waals surface area contributed by atoms with Crippen molar-refractivity contribution in [3.63, 3.8) is 0 Å². The van der Waals surface area contributed by atoms with Crippen molar-refractivity contribution in [2.45, 2.75) is 20.0 Å². The standard InChI is InChI=1S/C11H10F2O4/c1-6-2-3-7(4-9(15)16)8(5-14)10(6)17-11(12)13/h2-3,5,11H,4H2,1H3,(H,15,16). The van der Waals surface area contributed by atoms with E-state index in [-0.39, 0.29) is 16.9 Å². The third kappa shape index (κ3) is 3.24. The molecule has 4 nitrogen and oxygen atoms in total. The largest absolute Gasteiger partial charge is 0.481 e. The Morgan fingerprint density at radius 3 is 2.65 bits per heavy atom. The molecule has 0 aliphatic rings.